The van der Waals surface area contributed by atoms with Gasteiger partial charge in [0.05, 0.1) is 29.9 Å². The second-order valence-electron chi connectivity index (χ2n) is 8.98. The van der Waals surface area contributed by atoms with Gasteiger partial charge in [0.1, 0.15) is 11.1 Å². The average Bonchev–Trinajstić information content (AvgIpc) is 2.95. The molecule has 0 heterocycles. The molecule has 0 aliphatic carbocycles. The average molecular weight is 588 g/mol. The van der Waals surface area contributed by atoms with Gasteiger partial charge in [-0.15, -0.1) is 0 Å². The van der Waals surface area contributed by atoms with Crippen molar-refractivity contribution in [2.45, 2.75) is 32.2 Å². The van der Waals surface area contributed by atoms with E-state index in [1.165, 1.54) is 13.2 Å². The summed E-state index contributed by atoms with van der Waals surface area (Å²) in [6.45, 7) is 2.88. The standard InChI is InChI=1S/C30H32Cl2N2O6/c1-19-11-7-8-14-21(19)29(36)40-26-22(18-23(31)27(25(26)32)39-16-10-9-15-33-2)28(35)34-24(30(37)38-3)17-20-12-5-4-6-13-20/h4-8,11-14,18,24,33H,9-10,15-17H2,1-3H3,(H,34,35)/t24-/m0/s1. The van der Waals surface area contributed by atoms with Crippen molar-refractivity contribution in [2.24, 2.45) is 0 Å². The molecule has 0 aliphatic heterocycles. The molecule has 0 aliphatic rings. The lowest BCUT2D eigenvalue weighted by Crippen LogP contribution is -2.43. The third-order valence-electron chi connectivity index (χ3n) is 6.08. The van der Waals surface area contributed by atoms with Crippen molar-refractivity contribution >= 4 is 41.0 Å². The lowest BCUT2D eigenvalue weighted by Gasteiger charge is -2.20. The molecule has 0 radical (unpaired) electrons. The number of hydrogen-bond acceptors (Lipinski definition) is 7. The van der Waals surface area contributed by atoms with E-state index in [4.69, 9.17) is 37.4 Å². The molecule has 2 N–H and O–H groups in total. The van der Waals surface area contributed by atoms with E-state index >= 15 is 0 Å². The molecule has 0 aromatic heterocycles. The van der Waals surface area contributed by atoms with Crippen LogP contribution in [0.5, 0.6) is 11.5 Å². The van der Waals surface area contributed by atoms with Crippen molar-refractivity contribution in [1.82, 2.24) is 10.6 Å². The van der Waals surface area contributed by atoms with E-state index in [-0.39, 0.29) is 33.5 Å². The number of methoxy groups -OCH3 is 1. The predicted octanol–water partition coefficient (Wildman–Crippen LogP) is 5.41. The molecule has 8 nitrogen and oxygen atoms in total. The van der Waals surface area contributed by atoms with E-state index in [9.17, 15) is 14.4 Å². The first-order chi connectivity index (χ1) is 19.3. The van der Waals surface area contributed by atoms with Crippen LogP contribution in [0.15, 0.2) is 60.7 Å². The van der Waals surface area contributed by atoms with Gasteiger partial charge >= 0.3 is 11.9 Å². The summed E-state index contributed by atoms with van der Waals surface area (Å²) in [5.41, 5.74) is 1.65. The quantitative estimate of drug-likeness (QED) is 0.157. The van der Waals surface area contributed by atoms with Crippen molar-refractivity contribution in [3.63, 3.8) is 0 Å². The lowest BCUT2D eigenvalue weighted by molar-refractivity contribution is -0.142. The smallest absolute Gasteiger partial charge is 0.343 e. The Morgan fingerprint density at radius 3 is 2.30 bits per heavy atom. The van der Waals surface area contributed by atoms with Gasteiger partial charge in [-0.25, -0.2) is 9.59 Å². The van der Waals surface area contributed by atoms with Crippen LogP contribution in [-0.4, -0.2) is 51.2 Å². The van der Waals surface area contributed by atoms with E-state index in [0.717, 1.165) is 18.5 Å². The minimum Gasteiger partial charge on any atom is -0.490 e. The third kappa shape index (κ3) is 8.21. The Morgan fingerprint density at radius 1 is 0.925 bits per heavy atom. The van der Waals surface area contributed by atoms with Gasteiger partial charge in [0, 0.05) is 6.42 Å². The molecule has 212 valence electrons. The zero-order valence-corrected chi connectivity index (χ0v) is 24.1. The van der Waals surface area contributed by atoms with Crippen LogP contribution < -0.4 is 20.1 Å². The molecule has 0 unspecified atom stereocenters. The molecule has 40 heavy (non-hydrogen) atoms. The summed E-state index contributed by atoms with van der Waals surface area (Å²) in [6.07, 6.45) is 1.75. The van der Waals surface area contributed by atoms with Crippen LogP contribution in [0.4, 0.5) is 0 Å². The van der Waals surface area contributed by atoms with Gasteiger partial charge in [-0.2, -0.15) is 0 Å². The van der Waals surface area contributed by atoms with Crippen molar-refractivity contribution in [2.75, 3.05) is 27.3 Å². The fourth-order valence-corrected chi connectivity index (χ4v) is 4.54. The first kappa shape index (κ1) is 30.9. The molecule has 0 fully saturated rings. The first-order valence-electron chi connectivity index (χ1n) is 12.8. The lowest BCUT2D eigenvalue weighted by atomic mass is 10.0. The van der Waals surface area contributed by atoms with Gasteiger partial charge in [0.25, 0.3) is 5.91 Å². The number of esters is 2. The summed E-state index contributed by atoms with van der Waals surface area (Å²) in [5.74, 6) is -2.24. The number of carbonyl (C=O) groups excluding carboxylic acids is 3. The maximum atomic E-state index is 13.5. The molecular formula is C30H32Cl2N2O6. The molecule has 10 heteroatoms. The van der Waals surface area contributed by atoms with E-state index in [2.05, 4.69) is 10.6 Å². The van der Waals surface area contributed by atoms with E-state index in [0.29, 0.717) is 24.2 Å². The summed E-state index contributed by atoms with van der Waals surface area (Å²) in [4.78, 5) is 39.2. The molecule has 3 aromatic carbocycles. The Kier molecular flexibility index (Phi) is 11.8. The number of hydrogen-bond donors (Lipinski definition) is 2. The highest BCUT2D eigenvalue weighted by Crippen LogP contribution is 2.43. The summed E-state index contributed by atoms with van der Waals surface area (Å²) in [5, 5.41) is 5.65. The van der Waals surface area contributed by atoms with Crippen molar-refractivity contribution in [3.05, 3.63) is 93.0 Å². The molecule has 3 aromatic rings. The van der Waals surface area contributed by atoms with Crippen LogP contribution in [0.2, 0.25) is 10.0 Å². The van der Waals surface area contributed by atoms with Crippen LogP contribution in [0, 0.1) is 6.92 Å². The largest absolute Gasteiger partial charge is 0.490 e. The van der Waals surface area contributed by atoms with E-state index in [1.54, 1.807) is 31.2 Å². The number of ether oxygens (including phenoxy) is 3. The van der Waals surface area contributed by atoms with Crippen LogP contribution >= 0.6 is 23.2 Å². The molecule has 0 bridgehead atoms. The van der Waals surface area contributed by atoms with Gasteiger partial charge in [-0.1, -0.05) is 71.7 Å². The number of rotatable bonds is 13. The van der Waals surface area contributed by atoms with Crippen molar-refractivity contribution in [3.8, 4) is 11.5 Å². The predicted molar refractivity (Wildman–Crippen MR) is 155 cm³/mol. The van der Waals surface area contributed by atoms with Crippen molar-refractivity contribution < 1.29 is 28.6 Å². The normalized spacial score (nSPS) is 11.4. The highest BCUT2D eigenvalue weighted by molar-refractivity contribution is 6.39. The molecule has 0 spiro atoms. The van der Waals surface area contributed by atoms with Gasteiger partial charge in [-0.3, -0.25) is 4.79 Å². The van der Waals surface area contributed by atoms with E-state index < -0.39 is 23.9 Å². The van der Waals surface area contributed by atoms with Gasteiger partial charge in [-0.05, 0) is 56.6 Å². The maximum absolute atomic E-state index is 13.5. The number of benzene rings is 3. The SMILES string of the molecule is CNCCCCOc1c(Cl)cc(C(=O)N[C@@H](Cc2ccccc2)C(=O)OC)c(OC(=O)c2ccccc2C)c1Cl. The molecule has 1 atom stereocenters. The van der Waals surface area contributed by atoms with Crippen molar-refractivity contribution in [1.29, 1.82) is 0 Å². The zero-order chi connectivity index (χ0) is 29.1. The Morgan fingerprint density at radius 2 is 1.62 bits per heavy atom. The van der Waals surface area contributed by atoms with Gasteiger partial charge < -0.3 is 24.8 Å². The summed E-state index contributed by atoms with van der Waals surface area (Å²) < 4.78 is 16.4. The Hall–Kier alpha value is -3.59. The first-order valence-corrected chi connectivity index (χ1v) is 13.5. The molecule has 3 rings (SSSR count). The topological polar surface area (TPSA) is 103 Å². The summed E-state index contributed by atoms with van der Waals surface area (Å²) in [7, 11) is 3.09. The second kappa shape index (κ2) is 15.3. The van der Waals surface area contributed by atoms with Crippen LogP contribution in [0.1, 0.15) is 44.7 Å². The fraction of sp³-hybridized carbons (Fsp3) is 0.300. The van der Waals surface area contributed by atoms with Gasteiger partial charge in [0.15, 0.2) is 11.5 Å². The number of amides is 1. The molecule has 1 amide bonds. The molecule has 0 saturated heterocycles. The van der Waals surface area contributed by atoms with Crippen LogP contribution in [-0.2, 0) is 16.0 Å². The molecular weight excluding hydrogens is 555 g/mol. The Balaban J connectivity index is 1.97. The molecule has 0 saturated carbocycles. The van der Waals surface area contributed by atoms with Crippen LogP contribution in [0.25, 0.3) is 0 Å². The van der Waals surface area contributed by atoms with E-state index in [1.807, 2.05) is 37.4 Å². The maximum Gasteiger partial charge on any atom is 0.343 e. The number of aryl methyl sites for hydroxylation is 1. The minimum absolute atomic E-state index is 0.0529. The zero-order valence-electron chi connectivity index (χ0n) is 22.6. The number of carbonyl (C=O) groups is 3. The number of nitrogens with one attached hydrogen (secondary N) is 2. The summed E-state index contributed by atoms with van der Waals surface area (Å²) in [6, 6.07) is 16.3. The fourth-order valence-electron chi connectivity index (χ4n) is 3.93. The highest BCUT2D eigenvalue weighted by Gasteiger charge is 2.29. The Bertz CT molecular complexity index is 1330. The number of halogens is 2. The second-order valence-corrected chi connectivity index (χ2v) is 9.77. The highest BCUT2D eigenvalue weighted by atomic mass is 35.5. The van der Waals surface area contributed by atoms with Crippen LogP contribution in [0.3, 0.4) is 0 Å². The van der Waals surface area contributed by atoms with Gasteiger partial charge in [0.2, 0.25) is 0 Å². The minimum atomic E-state index is -1.03. The monoisotopic (exact) mass is 586 g/mol. The summed E-state index contributed by atoms with van der Waals surface area (Å²) >= 11 is 13.2. The Labute approximate surface area is 243 Å². The third-order valence-corrected chi connectivity index (χ3v) is 6.70. The number of unbranched alkanes of at least 4 members (excludes halogenated alkanes) is 1.